The number of halogens is 1. The van der Waals surface area contributed by atoms with Crippen LogP contribution in [0.25, 0.3) is 0 Å². The molecule has 0 aliphatic rings. The van der Waals surface area contributed by atoms with Crippen LogP contribution in [0, 0.1) is 10.1 Å². The normalized spacial score (nSPS) is 11.5. The molecule has 142 valence electrons. The third-order valence-electron chi connectivity index (χ3n) is 3.89. The van der Waals surface area contributed by atoms with Crippen LogP contribution in [0.15, 0.2) is 54.6 Å². The zero-order valence-corrected chi connectivity index (χ0v) is 15.5. The number of hydrogen-bond acceptors (Lipinski definition) is 5. The Kier molecular flexibility index (Phi) is 7.31. The summed E-state index contributed by atoms with van der Waals surface area (Å²) in [5, 5.41) is 10.7. The lowest BCUT2D eigenvalue weighted by atomic mass is 10.1. The summed E-state index contributed by atoms with van der Waals surface area (Å²) in [5.41, 5.74) is 0.355. The second kappa shape index (κ2) is 9.68. The van der Waals surface area contributed by atoms with Gasteiger partial charge in [-0.25, -0.2) is 4.79 Å². The number of amides is 1. The Morgan fingerprint density at radius 3 is 2.33 bits per heavy atom. The summed E-state index contributed by atoms with van der Waals surface area (Å²) in [6, 6.07) is 12.9. The van der Waals surface area contributed by atoms with Crippen LogP contribution in [0.4, 0.5) is 5.69 Å². The van der Waals surface area contributed by atoms with Crippen molar-refractivity contribution in [2.75, 3.05) is 12.4 Å². The van der Waals surface area contributed by atoms with E-state index in [1.54, 1.807) is 37.3 Å². The number of hydrogen-bond donors (Lipinski definition) is 0. The molecule has 0 radical (unpaired) electrons. The maximum atomic E-state index is 12.8. The van der Waals surface area contributed by atoms with E-state index in [2.05, 4.69) is 0 Å². The van der Waals surface area contributed by atoms with Gasteiger partial charge in [0.15, 0.2) is 0 Å². The Balaban J connectivity index is 2.13. The smallest absolute Gasteiger partial charge is 0.333 e. The molecule has 8 heteroatoms. The van der Waals surface area contributed by atoms with Crippen molar-refractivity contribution >= 4 is 29.2 Å². The second-order valence-electron chi connectivity index (χ2n) is 5.76. The number of alkyl halides is 1. The Hall–Kier alpha value is -2.93. The van der Waals surface area contributed by atoms with E-state index in [0.717, 1.165) is 0 Å². The third-order valence-corrected chi connectivity index (χ3v) is 4.16. The average molecular weight is 391 g/mol. The Labute approximate surface area is 161 Å². The van der Waals surface area contributed by atoms with E-state index < -0.39 is 16.9 Å². The number of rotatable bonds is 8. The number of ether oxygens (including phenoxy) is 1. The van der Waals surface area contributed by atoms with Gasteiger partial charge in [0.1, 0.15) is 11.8 Å². The first-order valence-corrected chi connectivity index (χ1v) is 8.85. The molecule has 0 fully saturated rings. The lowest BCUT2D eigenvalue weighted by molar-refractivity contribution is -0.384. The molecule has 0 saturated heterocycles. The zero-order chi connectivity index (χ0) is 19.8. The molecule has 1 atom stereocenters. The van der Waals surface area contributed by atoms with Crippen molar-refractivity contribution < 1.29 is 19.2 Å². The van der Waals surface area contributed by atoms with Crippen LogP contribution in [0.2, 0.25) is 0 Å². The largest absolute Gasteiger partial charge is 0.425 e. The van der Waals surface area contributed by atoms with Crippen LogP contribution in [-0.2, 0) is 4.79 Å². The van der Waals surface area contributed by atoms with Crippen molar-refractivity contribution in [2.45, 2.75) is 19.4 Å². The van der Waals surface area contributed by atoms with E-state index in [1.807, 2.05) is 0 Å². The van der Waals surface area contributed by atoms with Gasteiger partial charge in [-0.15, -0.1) is 11.6 Å². The third kappa shape index (κ3) is 5.52. The molecular formula is C19H19ClN2O5. The van der Waals surface area contributed by atoms with E-state index in [4.69, 9.17) is 16.3 Å². The number of carbonyl (C=O) groups is 2. The summed E-state index contributed by atoms with van der Waals surface area (Å²) in [6.45, 7) is 1.87. The van der Waals surface area contributed by atoms with E-state index in [1.165, 1.54) is 29.2 Å². The van der Waals surface area contributed by atoms with Crippen LogP contribution < -0.4 is 4.74 Å². The van der Waals surface area contributed by atoms with Crippen LogP contribution in [0.5, 0.6) is 5.75 Å². The van der Waals surface area contributed by atoms with Crippen molar-refractivity contribution in [3.8, 4) is 5.75 Å². The highest BCUT2D eigenvalue weighted by atomic mass is 35.5. The fraction of sp³-hybridized carbons (Fsp3) is 0.263. The molecule has 0 aliphatic heterocycles. The standard InChI is InChI=1S/C19H19ClN2O5/c1-14(19(24)27-17-10-8-16(9-11-17)22(25)26)21(13-5-12-20)18(23)15-6-3-2-4-7-15/h2-4,6-11,14H,5,12-13H2,1H3. The zero-order valence-electron chi connectivity index (χ0n) is 14.7. The highest BCUT2D eigenvalue weighted by molar-refractivity contribution is 6.17. The predicted octanol–water partition coefficient (Wildman–Crippen LogP) is 3.66. The SMILES string of the molecule is CC(C(=O)Oc1ccc([N+](=O)[O-])cc1)N(CCCCl)C(=O)c1ccccc1. The molecule has 2 aromatic rings. The van der Waals surface area contributed by atoms with Gasteiger partial charge in [-0.1, -0.05) is 18.2 Å². The minimum atomic E-state index is -0.851. The van der Waals surface area contributed by atoms with E-state index in [0.29, 0.717) is 24.4 Å². The van der Waals surface area contributed by atoms with E-state index in [-0.39, 0.29) is 17.3 Å². The molecule has 0 heterocycles. The minimum absolute atomic E-state index is 0.106. The molecule has 1 unspecified atom stereocenters. The van der Waals surface area contributed by atoms with Gasteiger partial charge < -0.3 is 9.64 Å². The average Bonchev–Trinajstić information content (AvgIpc) is 2.69. The number of nitrogens with zero attached hydrogens (tertiary/aromatic N) is 2. The van der Waals surface area contributed by atoms with E-state index >= 15 is 0 Å². The van der Waals surface area contributed by atoms with Gasteiger partial charge in [-0.05, 0) is 37.6 Å². The highest BCUT2D eigenvalue weighted by Gasteiger charge is 2.28. The van der Waals surface area contributed by atoms with Crippen molar-refractivity contribution in [2.24, 2.45) is 0 Å². The van der Waals surface area contributed by atoms with Crippen molar-refractivity contribution in [3.05, 3.63) is 70.3 Å². The fourth-order valence-electron chi connectivity index (χ4n) is 2.41. The lowest BCUT2D eigenvalue weighted by Crippen LogP contribution is -2.45. The number of non-ortho nitro benzene ring substituents is 1. The highest BCUT2D eigenvalue weighted by Crippen LogP contribution is 2.19. The summed E-state index contributed by atoms with van der Waals surface area (Å²) in [4.78, 5) is 36.8. The van der Waals surface area contributed by atoms with Crippen LogP contribution in [0.3, 0.4) is 0 Å². The maximum Gasteiger partial charge on any atom is 0.333 e. The molecule has 0 aliphatic carbocycles. The predicted molar refractivity (Wildman–Crippen MR) is 101 cm³/mol. The Bertz CT molecular complexity index is 796. The Morgan fingerprint density at radius 2 is 1.78 bits per heavy atom. The van der Waals surface area contributed by atoms with E-state index in [9.17, 15) is 19.7 Å². The van der Waals surface area contributed by atoms with Crippen LogP contribution >= 0.6 is 11.6 Å². The van der Waals surface area contributed by atoms with Gasteiger partial charge >= 0.3 is 5.97 Å². The summed E-state index contributed by atoms with van der Waals surface area (Å²) < 4.78 is 5.27. The van der Waals surface area contributed by atoms with Gasteiger partial charge in [0, 0.05) is 30.1 Å². The fourth-order valence-corrected chi connectivity index (χ4v) is 2.53. The minimum Gasteiger partial charge on any atom is -0.425 e. The molecule has 0 bridgehead atoms. The lowest BCUT2D eigenvalue weighted by Gasteiger charge is -2.27. The van der Waals surface area contributed by atoms with Crippen molar-refractivity contribution in [3.63, 3.8) is 0 Å². The first-order chi connectivity index (χ1) is 12.9. The van der Waals surface area contributed by atoms with Crippen LogP contribution in [0.1, 0.15) is 23.7 Å². The first kappa shape index (κ1) is 20.4. The number of nitro benzene ring substituents is 1. The van der Waals surface area contributed by atoms with Gasteiger partial charge in [0.25, 0.3) is 11.6 Å². The van der Waals surface area contributed by atoms with Crippen molar-refractivity contribution in [1.29, 1.82) is 0 Å². The molecule has 27 heavy (non-hydrogen) atoms. The number of carbonyl (C=O) groups excluding carboxylic acids is 2. The van der Waals surface area contributed by atoms with Crippen LogP contribution in [-0.4, -0.2) is 40.2 Å². The molecule has 1 amide bonds. The summed E-state index contributed by atoms with van der Waals surface area (Å²) in [6.07, 6.45) is 0.523. The monoisotopic (exact) mass is 390 g/mol. The molecule has 2 aromatic carbocycles. The topological polar surface area (TPSA) is 89.8 Å². The molecule has 7 nitrogen and oxygen atoms in total. The quantitative estimate of drug-likeness (QED) is 0.225. The van der Waals surface area contributed by atoms with Gasteiger partial charge in [0.2, 0.25) is 0 Å². The summed E-state index contributed by atoms with van der Waals surface area (Å²) in [5.74, 6) is -0.415. The molecular weight excluding hydrogens is 372 g/mol. The maximum absolute atomic E-state index is 12.8. The molecule has 2 rings (SSSR count). The van der Waals surface area contributed by atoms with Gasteiger partial charge in [0.05, 0.1) is 4.92 Å². The number of esters is 1. The first-order valence-electron chi connectivity index (χ1n) is 8.32. The Morgan fingerprint density at radius 1 is 1.15 bits per heavy atom. The number of benzene rings is 2. The van der Waals surface area contributed by atoms with Gasteiger partial charge in [-0.2, -0.15) is 0 Å². The number of nitro groups is 1. The summed E-state index contributed by atoms with van der Waals surface area (Å²) >= 11 is 5.74. The molecule has 0 N–H and O–H groups in total. The van der Waals surface area contributed by atoms with Gasteiger partial charge in [-0.3, -0.25) is 14.9 Å². The second-order valence-corrected chi connectivity index (χ2v) is 6.13. The summed E-state index contributed by atoms with van der Waals surface area (Å²) in [7, 11) is 0. The molecule has 0 spiro atoms. The molecule has 0 saturated carbocycles. The van der Waals surface area contributed by atoms with Crippen molar-refractivity contribution in [1.82, 2.24) is 4.90 Å². The molecule has 0 aromatic heterocycles.